The number of aliphatic hydroxyl groups is 1. The van der Waals surface area contributed by atoms with Crippen molar-refractivity contribution in [1.29, 1.82) is 0 Å². The van der Waals surface area contributed by atoms with Crippen LogP contribution in [0.25, 0.3) is 5.69 Å². The number of amides is 1. The number of carbonyl (C=O) groups is 1. The van der Waals surface area contributed by atoms with Gasteiger partial charge in [-0.3, -0.25) is 4.79 Å². The van der Waals surface area contributed by atoms with Crippen molar-refractivity contribution in [1.82, 2.24) is 24.9 Å². The molecule has 1 aromatic carbocycles. The van der Waals surface area contributed by atoms with Crippen molar-refractivity contribution in [2.24, 2.45) is 0 Å². The number of rotatable bonds is 4. The normalized spacial score (nSPS) is 17.5. The van der Waals surface area contributed by atoms with Crippen LogP contribution < -0.4 is 4.90 Å². The molecule has 0 unspecified atom stereocenters. The summed E-state index contributed by atoms with van der Waals surface area (Å²) in [6.07, 6.45) is 4.02. The minimum atomic E-state index is -0.999. The van der Waals surface area contributed by atoms with Crippen molar-refractivity contribution >= 4 is 11.7 Å². The van der Waals surface area contributed by atoms with E-state index < -0.39 is 5.60 Å². The number of nitrogens with zero attached hydrogens (tertiary/aromatic N) is 6. The topological polar surface area (TPSA) is 87.4 Å². The Bertz CT molecular complexity index is 1040. The van der Waals surface area contributed by atoms with Gasteiger partial charge in [0.2, 0.25) is 0 Å². The third-order valence-corrected chi connectivity index (χ3v) is 5.67. The summed E-state index contributed by atoms with van der Waals surface area (Å²) in [6.45, 7) is 7.58. The zero-order valence-electron chi connectivity index (χ0n) is 18.1. The van der Waals surface area contributed by atoms with Crippen LogP contribution in [0.15, 0.2) is 54.9 Å². The molecule has 8 heteroatoms. The van der Waals surface area contributed by atoms with Gasteiger partial charge in [0.15, 0.2) is 0 Å². The molecule has 8 nitrogen and oxygen atoms in total. The smallest absolute Gasteiger partial charge is 0.256 e. The molecule has 1 amide bonds. The number of benzene rings is 1. The SMILES string of the molecule is C[C@@H]1CCN(c2cccc(C(C)(C)O)n2)CCN1C(=O)c1ccccc1-n1nccn1. The van der Waals surface area contributed by atoms with Crippen LogP contribution in [-0.2, 0) is 5.60 Å². The van der Waals surface area contributed by atoms with E-state index in [0.29, 0.717) is 30.0 Å². The second-order valence-corrected chi connectivity index (χ2v) is 8.40. The summed E-state index contributed by atoms with van der Waals surface area (Å²) in [5.74, 6) is 0.794. The van der Waals surface area contributed by atoms with E-state index in [4.69, 9.17) is 0 Å². The minimum Gasteiger partial charge on any atom is -0.384 e. The lowest BCUT2D eigenvalue weighted by Crippen LogP contribution is -2.40. The van der Waals surface area contributed by atoms with Crippen LogP contribution in [0.3, 0.4) is 0 Å². The molecule has 1 N–H and O–H groups in total. The summed E-state index contributed by atoms with van der Waals surface area (Å²) in [7, 11) is 0. The molecular weight excluding hydrogens is 392 g/mol. The highest BCUT2D eigenvalue weighted by Gasteiger charge is 2.28. The molecule has 4 rings (SSSR count). The Kier molecular flexibility index (Phi) is 5.73. The van der Waals surface area contributed by atoms with E-state index in [2.05, 4.69) is 27.0 Å². The molecule has 1 aliphatic rings. The minimum absolute atomic E-state index is 0.0274. The predicted molar refractivity (Wildman–Crippen MR) is 118 cm³/mol. The van der Waals surface area contributed by atoms with Gasteiger partial charge in [0.1, 0.15) is 11.4 Å². The first-order valence-electron chi connectivity index (χ1n) is 10.6. The summed E-state index contributed by atoms with van der Waals surface area (Å²) < 4.78 is 0. The predicted octanol–water partition coefficient (Wildman–Crippen LogP) is 2.63. The highest BCUT2D eigenvalue weighted by Crippen LogP contribution is 2.24. The fraction of sp³-hybridized carbons (Fsp3) is 0.391. The van der Waals surface area contributed by atoms with E-state index in [-0.39, 0.29) is 11.9 Å². The van der Waals surface area contributed by atoms with Crippen molar-refractivity contribution in [3.05, 3.63) is 66.1 Å². The lowest BCUT2D eigenvalue weighted by Gasteiger charge is -2.27. The van der Waals surface area contributed by atoms with Gasteiger partial charge in [-0.25, -0.2) is 4.98 Å². The number of anilines is 1. The first-order valence-corrected chi connectivity index (χ1v) is 10.6. The Morgan fingerprint density at radius 2 is 1.77 bits per heavy atom. The van der Waals surface area contributed by atoms with E-state index in [0.717, 1.165) is 18.8 Å². The molecule has 1 atom stereocenters. The van der Waals surface area contributed by atoms with Crippen LogP contribution in [0, 0.1) is 0 Å². The fourth-order valence-electron chi connectivity index (χ4n) is 3.85. The molecule has 0 spiro atoms. The Hall–Kier alpha value is -3.26. The third-order valence-electron chi connectivity index (χ3n) is 5.67. The monoisotopic (exact) mass is 420 g/mol. The molecule has 1 saturated heterocycles. The van der Waals surface area contributed by atoms with Crippen molar-refractivity contribution < 1.29 is 9.90 Å². The standard InChI is InChI=1S/C23H28N6O2/c1-17-11-14-27(21-10-6-9-20(26-21)23(2,3)31)15-16-28(17)22(30)18-7-4-5-8-19(18)29-24-12-13-25-29/h4-10,12-13,17,31H,11,14-16H2,1-3H3/t17-/m1/s1. The van der Waals surface area contributed by atoms with Gasteiger partial charge in [0.25, 0.3) is 5.91 Å². The third kappa shape index (κ3) is 4.44. The average Bonchev–Trinajstić information content (AvgIpc) is 3.23. The maximum absolute atomic E-state index is 13.5. The van der Waals surface area contributed by atoms with Crippen molar-refractivity contribution in [3.8, 4) is 5.69 Å². The van der Waals surface area contributed by atoms with Gasteiger partial charge in [-0.1, -0.05) is 18.2 Å². The van der Waals surface area contributed by atoms with Crippen molar-refractivity contribution in [2.75, 3.05) is 24.5 Å². The zero-order valence-corrected chi connectivity index (χ0v) is 18.1. The molecular formula is C23H28N6O2. The van der Waals surface area contributed by atoms with Gasteiger partial charge < -0.3 is 14.9 Å². The second-order valence-electron chi connectivity index (χ2n) is 8.40. The summed E-state index contributed by atoms with van der Waals surface area (Å²) in [5, 5.41) is 18.7. The highest BCUT2D eigenvalue weighted by molar-refractivity contribution is 5.98. The second kappa shape index (κ2) is 8.47. The number of hydrogen-bond acceptors (Lipinski definition) is 6. The lowest BCUT2D eigenvalue weighted by atomic mass is 10.1. The van der Waals surface area contributed by atoms with E-state index in [9.17, 15) is 9.90 Å². The summed E-state index contributed by atoms with van der Waals surface area (Å²) in [4.78, 5) is 23.7. The van der Waals surface area contributed by atoms with Crippen LogP contribution in [0.4, 0.5) is 5.82 Å². The Labute approximate surface area is 182 Å². The molecule has 1 fully saturated rings. The van der Waals surface area contributed by atoms with Gasteiger partial charge in [-0.05, 0) is 51.5 Å². The van der Waals surface area contributed by atoms with Gasteiger partial charge in [-0.15, -0.1) is 0 Å². The van der Waals surface area contributed by atoms with E-state index in [1.54, 1.807) is 26.2 Å². The average molecular weight is 421 g/mol. The lowest BCUT2D eigenvalue weighted by molar-refractivity contribution is 0.0704. The molecule has 0 bridgehead atoms. The van der Waals surface area contributed by atoms with Crippen LogP contribution in [0.5, 0.6) is 0 Å². The van der Waals surface area contributed by atoms with E-state index in [1.165, 1.54) is 4.80 Å². The van der Waals surface area contributed by atoms with E-state index in [1.807, 2.05) is 47.4 Å². The fourth-order valence-corrected chi connectivity index (χ4v) is 3.85. The number of hydrogen-bond donors (Lipinski definition) is 1. The maximum Gasteiger partial charge on any atom is 0.256 e. The number of carbonyl (C=O) groups excluding carboxylic acids is 1. The quantitative estimate of drug-likeness (QED) is 0.698. The van der Waals surface area contributed by atoms with Gasteiger partial charge in [-0.2, -0.15) is 15.0 Å². The molecule has 162 valence electrons. The number of aromatic nitrogens is 4. The Balaban J connectivity index is 1.56. The number of para-hydroxylation sites is 1. The maximum atomic E-state index is 13.5. The van der Waals surface area contributed by atoms with Crippen LogP contribution >= 0.6 is 0 Å². The molecule has 3 heterocycles. The molecule has 1 aliphatic heterocycles. The summed E-state index contributed by atoms with van der Waals surface area (Å²) in [6, 6.07) is 13.2. The first-order chi connectivity index (χ1) is 14.8. The van der Waals surface area contributed by atoms with Crippen LogP contribution in [0.2, 0.25) is 0 Å². The molecule has 0 radical (unpaired) electrons. The first kappa shape index (κ1) is 21.0. The van der Waals surface area contributed by atoms with Crippen molar-refractivity contribution in [3.63, 3.8) is 0 Å². The molecule has 3 aromatic rings. The van der Waals surface area contributed by atoms with Gasteiger partial charge in [0, 0.05) is 25.7 Å². The highest BCUT2D eigenvalue weighted by atomic mass is 16.3. The van der Waals surface area contributed by atoms with Crippen LogP contribution in [0.1, 0.15) is 43.2 Å². The zero-order chi connectivity index (χ0) is 22.0. The molecule has 2 aromatic heterocycles. The summed E-state index contributed by atoms with van der Waals surface area (Å²) in [5.41, 5.74) is 0.892. The molecule has 0 saturated carbocycles. The van der Waals surface area contributed by atoms with E-state index >= 15 is 0 Å². The molecule has 0 aliphatic carbocycles. The van der Waals surface area contributed by atoms with Crippen LogP contribution in [-0.4, -0.2) is 61.6 Å². The largest absolute Gasteiger partial charge is 0.384 e. The number of pyridine rings is 1. The summed E-state index contributed by atoms with van der Waals surface area (Å²) >= 11 is 0. The Morgan fingerprint density at radius 1 is 1.03 bits per heavy atom. The van der Waals surface area contributed by atoms with Crippen molar-refractivity contribution in [2.45, 2.75) is 38.8 Å². The van der Waals surface area contributed by atoms with Gasteiger partial charge in [0.05, 0.1) is 29.3 Å². The Morgan fingerprint density at radius 3 is 2.52 bits per heavy atom. The molecule has 31 heavy (non-hydrogen) atoms. The van der Waals surface area contributed by atoms with Gasteiger partial charge >= 0.3 is 0 Å².